The smallest absolute Gasteiger partial charge is 0.359 e. The van der Waals surface area contributed by atoms with Crippen LogP contribution in [-0.4, -0.2) is 32.9 Å². The van der Waals surface area contributed by atoms with Gasteiger partial charge >= 0.3 is 5.97 Å². The molecule has 2 aromatic heterocycles. The SMILES string of the molecule is CCC(OC(=O)c1cnc2ccccc2n1)C(=O)Nc1nc(-c2ccccc2)cs1. The van der Waals surface area contributed by atoms with Gasteiger partial charge in [0.15, 0.2) is 16.9 Å². The van der Waals surface area contributed by atoms with Gasteiger partial charge in [0.25, 0.3) is 5.91 Å². The molecule has 8 heteroatoms. The highest BCUT2D eigenvalue weighted by Crippen LogP contribution is 2.25. The molecule has 0 fully saturated rings. The molecular formula is C22H18N4O3S. The highest BCUT2D eigenvalue weighted by atomic mass is 32.1. The van der Waals surface area contributed by atoms with Gasteiger partial charge in [-0.15, -0.1) is 11.3 Å². The average Bonchev–Trinajstić information content (AvgIpc) is 3.26. The Hall–Kier alpha value is -3.65. The number of hydrogen-bond donors (Lipinski definition) is 1. The summed E-state index contributed by atoms with van der Waals surface area (Å²) in [6, 6.07) is 16.9. The Morgan fingerprint density at radius 1 is 1.03 bits per heavy atom. The highest BCUT2D eigenvalue weighted by molar-refractivity contribution is 7.14. The monoisotopic (exact) mass is 418 g/mol. The van der Waals surface area contributed by atoms with Crippen LogP contribution in [0.15, 0.2) is 66.2 Å². The predicted octanol–water partition coefficient (Wildman–Crippen LogP) is 4.33. The summed E-state index contributed by atoms with van der Waals surface area (Å²) in [4.78, 5) is 38.0. The molecule has 0 saturated heterocycles. The molecule has 1 unspecified atom stereocenters. The molecule has 1 amide bonds. The molecule has 30 heavy (non-hydrogen) atoms. The molecule has 2 aromatic carbocycles. The number of ether oxygens (including phenoxy) is 1. The van der Waals surface area contributed by atoms with E-state index in [0.29, 0.717) is 22.6 Å². The van der Waals surface area contributed by atoms with Crippen molar-refractivity contribution in [3.8, 4) is 11.3 Å². The van der Waals surface area contributed by atoms with Crippen molar-refractivity contribution < 1.29 is 14.3 Å². The Morgan fingerprint density at radius 3 is 2.53 bits per heavy atom. The number of esters is 1. The lowest BCUT2D eigenvalue weighted by Gasteiger charge is -2.14. The number of thiazole rings is 1. The third-order valence-corrected chi connectivity index (χ3v) is 5.13. The number of benzene rings is 2. The van der Waals surface area contributed by atoms with Gasteiger partial charge in [0.2, 0.25) is 0 Å². The molecule has 0 radical (unpaired) electrons. The van der Waals surface area contributed by atoms with Crippen LogP contribution in [0.3, 0.4) is 0 Å². The highest BCUT2D eigenvalue weighted by Gasteiger charge is 2.24. The van der Waals surface area contributed by atoms with Crippen molar-refractivity contribution in [3.05, 3.63) is 71.9 Å². The number of carbonyl (C=O) groups is 2. The van der Waals surface area contributed by atoms with E-state index >= 15 is 0 Å². The van der Waals surface area contributed by atoms with Crippen LogP contribution in [0.1, 0.15) is 23.8 Å². The van der Waals surface area contributed by atoms with Crippen LogP contribution in [0, 0.1) is 0 Å². The molecule has 0 aliphatic carbocycles. The van der Waals surface area contributed by atoms with Crippen molar-refractivity contribution in [2.45, 2.75) is 19.4 Å². The summed E-state index contributed by atoms with van der Waals surface area (Å²) < 4.78 is 5.38. The fraction of sp³-hybridized carbons (Fsp3) is 0.136. The zero-order valence-electron chi connectivity index (χ0n) is 16.1. The molecule has 0 aliphatic rings. The van der Waals surface area contributed by atoms with E-state index in [0.717, 1.165) is 11.3 Å². The average molecular weight is 418 g/mol. The number of nitrogens with zero attached hydrogens (tertiary/aromatic N) is 3. The minimum atomic E-state index is -0.963. The lowest BCUT2D eigenvalue weighted by molar-refractivity contribution is -0.124. The minimum absolute atomic E-state index is 0.0561. The Labute approximate surface area is 176 Å². The van der Waals surface area contributed by atoms with Gasteiger partial charge in [-0.3, -0.25) is 15.1 Å². The molecular weight excluding hydrogens is 400 g/mol. The molecule has 0 saturated carbocycles. The number of aromatic nitrogens is 3. The first kappa shape index (κ1) is 19.7. The van der Waals surface area contributed by atoms with Crippen molar-refractivity contribution in [1.29, 1.82) is 0 Å². The van der Waals surface area contributed by atoms with E-state index in [4.69, 9.17) is 4.74 Å². The van der Waals surface area contributed by atoms with E-state index in [2.05, 4.69) is 20.3 Å². The van der Waals surface area contributed by atoms with E-state index in [9.17, 15) is 9.59 Å². The van der Waals surface area contributed by atoms with Crippen molar-refractivity contribution in [3.63, 3.8) is 0 Å². The van der Waals surface area contributed by atoms with Crippen LogP contribution in [-0.2, 0) is 9.53 Å². The topological polar surface area (TPSA) is 94.1 Å². The van der Waals surface area contributed by atoms with E-state index in [-0.39, 0.29) is 5.69 Å². The largest absolute Gasteiger partial charge is 0.447 e. The summed E-state index contributed by atoms with van der Waals surface area (Å²) in [6.07, 6.45) is 0.701. The molecule has 2 heterocycles. The molecule has 7 nitrogen and oxygen atoms in total. The first-order valence-electron chi connectivity index (χ1n) is 9.38. The van der Waals surface area contributed by atoms with E-state index in [1.165, 1.54) is 17.5 Å². The summed E-state index contributed by atoms with van der Waals surface area (Å²) in [5.74, 6) is -1.13. The molecule has 0 bridgehead atoms. The van der Waals surface area contributed by atoms with Crippen LogP contribution in [0.5, 0.6) is 0 Å². The van der Waals surface area contributed by atoms with Crippen LogP contribution in [0.4, 0.5) is 5.13 Å². The lowest BCUT2D eigenvalue weighted by atomic mass is 10.2. The van der Waals surface area contributed by atoms with Gasteiger partial charge in [-0.25, -0.2) is 14.8 Å². The van der Waals surface area contributed by atoms with E-state index in [1.54, 1.807) is 19.1 Å². The molecule has 1 N–H and O–H groups in total. The van der Waals surface area contributed by atoms with Gasteiger partial charge in [0.05, 0.1) is 22.9 Å². The second kappa shape index (κ2) is 8.79. The second-order valence-electron chi connectivity index (χ2n) is 6.44. The third-order valence-electron chi connectivity index (χ3n) is 4.37. The number of para-hydroxylation sites is 2. The lowest BCUT2D eigenvalue weighted by Crippen LogP contribution is -2.32. The summed E-state index contributed by atoms with van der Waals surface area (Å²) >= 11 is 1.31. The Balaban J connectivity index is 1.43. The fourth-order valence-corrected chi connectivity index (χ4v) is 3.55. The summed E-state index contributed by atoms with van der Waals surface area (Å²) in [6.45, 7) is 1.76. The maximum absolute atomic E-state index is 12.6. The normalized spacial score (nSPS) is 11.8. The number of hydrogen-bond acceptors (Lipinski definition) is 7. The van der Waals surface area contributed by atoms with Gasteiger partial charge in [-0.1, -0.05) is 49.4 Å². The quantitative estimate of drug-likeness (QED) is 0.469. The molecule has 1 atom stereocenters. The van der Waals surface area contributed by atoms with Crippen molar-refractivity contribution in [1.82, 2.24) is 15.0 Å². The fourth-order valence-electron chi connectivity index (χ4n) is 2.83. The second-order valence-corrected chi connectivity index (χ2v) is 7.30. The van der Waals surface area contributed by atoms with Crippen molar-refractivity contribution >= 4 is 39.4 Å². The molecule has 4 rings (SSSR count). The van der Waals surface area contributed by atoms with E-state index < -0.39 is 18.0 Å². The van der Waals surface area contributed by atoms with Crippen LogP contribution in [0.2, 0.25) is 0 Å². The number of amides is 1. The Kier molecular flexibility index (Phi) is 5.76. The number of anilines is 1. The van der Waals surface area contributed by atoms with Gasteiger partial charge in [-0.2, -0.15) is 0 Å². The van der Waals surface area contributed by atoms with Crippen molar-refractivity contribution in [2.75, 3.05) is 5.32 Å². The maximum Gasteiger partial charge on any atom is 0.359 e. The predicted molar refractivity (Wildman–Crippen MR) is 115 cm³/mol. The van der Waals surface area contributed by atoms with Gasteiger partial charge in [0.1, 0.15) is 0 Å². The van der Waals surface area contributed by atoms with Gasteiger partial charge in [-0.05, 0) is 18.6 Å². The number of rotatable bonds is 6. The zero-order chi connectivity index (χ0) is 20.9. The Bertz CT molecular complexity index is 1190. The Morgan fingerprint density at radius 2 is 1.77 bits per heavy atom. The summed E-state index contributed by atoms with van der Waals surface area (Å²) in [5.41, 5.74) is 3.05. The number of nitrogens with one attached hydrogen (secondary N) is 1. The van der Waals surface area contributed by atoms with Gasteiger partial charge in [0, 0.05) is 10.9 Å². The summed E-state index contributed by atoms with van der Waals surface area (Å²) in [5, 5.41) is 5.03. The van der Waals surface area contributed by atoms with Crippen molar-refractivity contribution in [2.24, 2.45) is 0 Å². The number of carbonyl (C=O) groups excluding carboxylic acids is 2. The van der Waals surface area contributed by atoms with Gasteiger partial charge < -0.3 is 4.74 Å². The van der Waals surface area contributed by atoms with E-state index in [1.807, 2.05) is 47.8 Å². The minimum Gasteiger partial charge on any atom is -0.447 e. The summed E-state index contributed by atoms with van der Waals surface area (Å²) in [7, 11) is 0. The number of fused-ring (bicyclic) bond motifs is 1. The maximum atomic E-state index is 12.6. The molecule has 0 aliphatic heterocycles. The van der Waals surface area contributed by atoms with Crippen LogP contribution in [0.25, 0.3) is 22.3 Å². The molecule has 0 spiro atoms. The first-order valence-corrected chi connectivity index (χ1v) is 10.3. The third kappa shape index (κ3) is 4.33. The zero-order valence-corrected chi connectivity index (χ0v) is 16.9. The first-order chi connectivity index (χ1) is 14.6. The standard InChI is InChI=1S/C22H18N4O3S/c1-2-19(29-21(28)17-12-23-15-10-6-7-11-16(15)24-17)20(27)26-22-25-18(13-30-22)14-8-4-3-5-9-14/h3-13,19H,2H2,1H3,(H,25,26,27). The van der Waals surface area contributed by atoms with Crippen LogP contribution < -0.4 is 5.32 Å². The molecule has 150 valence electrons. The molecule has 4 aromatic rings. The van der Waals surface area contributed by atoms with Crippen LogP contribution >= 0.6 is 11.3 Å².